The summed E-state index contributed by atoms with van der Waals surface area (Å²) < 4.78 is 19.7. The van der Waals surface area contributed by atoms with Gasteiger partial charge in [-0.1, -0.05) is 16.7 Å². The van der Waals surface area contributed by atoms with Crippen LogP contribution >= 0.6 is 0 Å². The molecule has 0 aliphatic rings. The summed E-state index contributed by atoms with van der Waals surface area (Å²) in [6, 6.07) is 0. The van der Waals surface area contributed by atoms with E-state index in [1.807, 2.05) is 6.92 Å². The predicted molar refractivity (Wildman–Crippen MR) is 33.2 cm³/mol. The van der Waals surface area contributed by atoms with Gasteiger partial charge in [-0.15, -0.1) is 6.58 Å². The molecule has 0 bridgehead atoms. The summed E-state index contributed by atoms with van der Waals surface area (Å²) >= 11 is -1.90. The number of allylic oxidation sites excluding steroid dienone is 1. The van der Waals surface area contributed by atoms with Crippen molar-refractivity contribution < 1.29 is 8.76 Å². The first kappa shape index (κ1) is 7.85. The zero-order valence-corrected chi connectivity index (χ0v) is 5.66. The first-order valence-electron chi connectivity index (χ1n) is 2.33. The van der Waals surface area contributed by atoms with E-state index in [2.05, 4.69) is 6.58 Å². The molecule has 3 heteroatoms. The van der Waals surface area contributed by atoms with Gasteiger partial charge >= 0.3 is 0 Å². The Balaban J connectivity index is 3.18. The van der Waals surface area contributed by atoms with Gasteiger partial charge in [0.15, 0.2) is 0 Å². The van der Waals surface area contributed by atoms with E-state index in [0.717, 1.165) is 5.57 Å². The third-order valence-electron chi connectivity index (χ3n) is 0.696. The van der Waals surface area contributed by atoms with E-state index >= 15 is 0 Å². The Morgan fingerprint density at radius 2 is 2.38 bits per heavy atom. The van der Waals surface area contributed by atoms with Crippen LogP contribution in [0.3, 0.4) is 0 Å². The molecule has 8 heavy (non-hydrogen) atoms. The van der Waals surface area contributed by atoms with Crippen LogP contribution in [0.15, 0.2) is 12.2 Å². The van der Waals surface area contributed by atoms with Crippen LogP contribution in [0.2, 0.25) is 0 Å². The fraction of sp³-hybridized carbons (Fsp3) is 0.600. The normalized spacial score (nSPS) is 13.2. The Morgan fingerprint density at radius 3 is 2.50 bits per heavy atom. The van der Waals surface area contributed by atoms with Crippen LogP contribution in [0.4, 0.5) is 0 Å². The second-order valence-corrected chi connectivity index (χ2v) is 2.73. The fourth-order valence-electron chi connectivity index (χ4n) is 0.258. The van der Waals surface area contributed by atoms with Gasteiger partial charge in [0.25, 0.3) is 0 Å². The Bertz CT molecular complexity index is 95.0. The summed E-state index contributed by atoms with van der Waals surface area (Å²) in [5, 5.41) is 0. The van der Waals surface area contributed by atoms with Crippen molar-refractivity contribution in [3.8, 4) is 0 Å². The summed E-state index contributed by atoms with van der Waals surface area (Å²) in [4.78, 5) is 0. The van der Waals surface area contributed by atoms with Crippen molar-refractivity contribution in [3.63, 3.8) is 0 Å². The van der Waals surface area contributed by atoms with Gasteiger partial charge in [-0.3, -0.25) is 4.21 Å². The van der Waals surface area contributed by atoms with Crippen molar-refractivity contribution >= 4 is 11.1 Å². The van der Waals surface area contributed by atoms with Crippen molar-refractivity contribution in [2.45, 2.75) is 13.3 Å². The highest BCUT2D eigenvalue weighted by Crippen LogP contribution is 1.94. The maximum atomic E-state index is 9.86. The molecule has 1 atom stereocenters. The Morgan fingerprint density at radius 1 is 1.88 bits per heavy atom. The highest BCUT2D eigenvalue weighted by molar-refractivity contribution is 7.79. The lowest BCUT2D eigenvalue weighted by Crippen LogP contribution is -1.94. The van der Waals surface area contributed by atoms with E-state index in [4.69, 9.17) is 0 Å². The minimum absolute atomic E-state index is 0.204. The molecule has 1 unspecified atom stereocenters. The first-order valence-corrected chi connectivity index (χ1v) is 3.57. The second kappa shape index (κ2) is 3.80. The van der Waals surface area contributed by atoms with Crippen molar-refractivity contribution in [2.75, 3.05) is 5.75 Å². The molecule has 0 radical (unpaired) electrons. The van der Waals surface area contributed by atoms with Crippen LogP contribution < -0.4 is 0 Å². The summed E-state index contributed by atoms with van der Waals surface area (Å²) in [5.41, 5.74) is 0.911. The van der Waals surface area contributed by atoms with E-state index < -0.39 is 11.1 Å². The van der Waals surface area contributed by atoms with Crippen LogP contribution in [0.1, 0.15) is 13.3 Å². The molecule has 0 fully saturated rings. The zero-order chi connectivity index (χ0) is 6.57. The fourth-order valence-corrected chi connectivity index (χ4v) is 0.773. The third kappa shape index (κ3) is 5.85. The minimum atomic E-state index is -1.90. The topological polar surface area (TPSA) is 40.1 Å². The smallest absolute Gasteiger partial charge is 0.0139 e. The van der Waals surface area contributed by atoms with Crippen LogP contribution in [-0.2, 0) is 11.1 Å². The monoisotopic (exact) mass is 133 g/mol. The van der Waals surface area contributed by atoms with E-state index in [0.29, 0.717) is 6.42 Å². The lowest BCUT2D eigenvalue weighted by Gasteiger charge is -2.01. The summed E-state index contributed by atoms with van der Waals surface area (Å²) in [5.74, 6) is 0.204. The van der Waals surface area contributed by atoms with Gasteiger partial charge in [0.2, 0.25) is 0 Å². The van der Waals surface area contributed by atoms with Gasteiger partial charge in [-0.2, -0.15) is 0 Å². The second-order valence-electron chi connectivity index (χ2n) is 1.71. The minimum Gasteiger partial charge on any atom is -0.772 e. The van der Waals surface area contributed by atoms with E-state index in [1.54, 1.807) is 0 Å². The molecule has 48 valence electrons. The average Bonchev–Trinajstić information content (AvgIpc) is 1.61. The Labute approximate surface area is 51.9 Å². The molecule has 0 amide bonds. The summed E-state index contributed by atoms with van der Waals surface area (Å²) in [7, 11) is 0. The maximum absolute atomic E-state index is 9.86. The molecule has 0 aliphatic carbocycles. The molecule has 0 spiro atoms. The van der Waals surface area contributed by atoms with Crippen LogP contribution in [0.5, 0.6) is 0 Å². The summed E-state index contributed by atoms with van der Waals surface area (Å²) in [6.45, 7) is 5.37. The zero-order valence-electron chi connectivity index (χ0n) is 4.85. The number of hydrogen-bond acceptors (Lipinski definition) is 2. The van der Waals surface area contributed by atoms with Crippen LogP contribution in [0, 0.1) is 0 Å². The lowest BCUT2D eigenvalue weighted by atomic mass is 10.3. The lowest BCUT2D eigenvalue weighted by molar-refractivity contribution is 0.536. The molecule has 0 saturated carbocycles. The van der Waals surface area contributed by atoms with Gasteiger partial charge in [0.1, 0.15) is 0 Å². The Kier molecular flexibility index (Phi) is 3.73. The molecule has 0 aromatic heterocycles. The van der Waals surface area contributed by atoms with Gasteiger partial charge in [0, 0.05) is 5.75 Å². The van der Waals surface area contributed by atoms with Crippen LogP contribution in [0.25, 0.3) is 0 Å². The maximum Gasteiger partial charge on any atom is 0.0139 e. The van der Waals surface area contributed by atoms with E-state index in [9.17, 15) is 8.76 Å². The standard InChI is InChI=1S/C5H10O2S/c1-5(2)3-4-8(6)7/h1,3-4H2,2H3,(H,6,7)/p-1. The number of rotatable bonds is 3. The first-order chi connectivity index (χ1) is 3.63. The molecular formula is C5H9O2S-. The molecule has 0 saturated heterocycles. The molecule has 0 aliphatic heterocycles. The van der Waals surface area contributed by atoms with Crippen molar-refractivity contribution in [1.29, 1.82) is 0 Å². The van der Waals surface area contributed by atoms with Gasteiger partial charge < -0.3 is 4.55 Å². The number of hydrogen-bond donors (Lipinski definition) is 0. The van der Waals surface area contributed by atoms with E-state index in [1.165, 1.54) is 0 Å². The van der Waals surface area contributed by atoms with Gasteiger partial charge in [-0.05, 0) is 13.3 Å². The third-order valence-corrected chi connectivity index (χ3v) is 1.23. The van der Waals surface area contributed by atoms with Crippen molar-refractivity contribution in [1.82, 2.24) is 0 Å². The molecule has 0 aromatic carbocycles. The molecule has 0 N–H and O–H groups in total. The molecule has 2 nitrogen and oxygen atoms in total. The Hall–Kier alpha value is -0.150. The van der Waals surface area contributed by atoms with Crippen molar-refractivity contribution in [2.24, 2.45) is 0 Å². The van der Waals surface area contributed by atoms with Gasteiger partial charge in [-0.25, -0.2) is 0 Å². The predicted octanol–water partition coefficient (Wildman–Crippen LogP) is 0.832. The molecule has 0 aromatic rings. The molecular weight excluding hydrogens is 124 g/mol. The summed E-state index contributed by atoms with van der Waals surface area (Å²) in [6.07, 6.45) is 0.579. The molecule has 0 heterocycles. The highest BCUT2D eigenvalue weighted by Gasteiger charge is 1.84. The van der Waals surface area contributed by atoms with Crippen molar-refractivity contribution in [3.05, 3.63) is 12.2 Å². The van der Waals surface area contributed by atoms with Crippen LogP contribution in [-0.4, -0.2) is 14.5 Å². The van der Waals surface area contributed by atoms with Gasteiger partial charge in [0.05, 0.1) is 0 Å². The average molecular weight is 133 g/mol. The SMILES string of the molecule is C=C(C)CCS(=O)[O-]. The van der Waals surface area contributed by atoms with E-state index in [-0.39, 0.29) is 5.75 Å². The highest BCUT2D eigenvalue weighted by atomic mass is 32.2. The quantitative estimate of drug-likeness (QED) is 0.422. The molecule has 0 rings (SSSR count). The largest absolute Gasteiger partial charge is 0.772 e.